The zero-order chi connectivity index (χ0) is 15.6. The van der Waals surface area contributed by atoms with E-state index in [2.05, 4.69) is 29.7 Å². The molecule has 0 aliphatic rings. The summed E-state index contributed by atoms with van der Waals surface area (Å²) in [5.74, 6) is -0.0733. The Morgan fingerprint density at radius 1 is 0.905 bits per heavy atom. The van der Waals surface area contributed by atoms with Gasteiger partial charge in [0.05, 0.1) is 0 Å². The van der Waals surface area contributed by atoms with E-state index >= 15 is 0 Å². The maximum atomic E-state index is 12.4. The van der Waals surface area contributed by atoms with Crippen LogP contribution in [0.2, 0.25) is 0 Å². The van der Waals surface area contributed by atoms with Crippen LogP contribution in [0.3, 0.4) is 0 Å². The van der Waals surface area contributed by atoms with E-state index in [4.69, 9.17) is 0 Å². The number of rotatable bonds is 3. The van der Waals surface area contributed by atoms with Crippen LogP contribution in [0.1, 0.15) is 32.6 Å². The Kier molecular flexibility index (Phi) is 4.32. The van der Waals surface area contributed by atoms with Crippen molar-refractivity contribution in [2.24, 2.45) is 0 Å². The first kappa shape index (κ1) is 15.1. The molecule has 0 spiro atoms. The molecule has 2 aromatic carbocycles. The fourth-order valence-corrected chi connectivity index (χ4v) is 2.65. The average molecular weight is 282 g/mol. The first-order valence-electron chi connectivity index (χ1n) is 7.10. The van der Waals surface area contributed by atoms with Crippen molar-refractivity contribution in [3.63, 3.8) is 0 Å². The zero-order valence-corrected chi connectivity index (χ0v) is 13.3. The fourth-order valence-electron chi connectivity index (χ4n) is 2.65. The van der Waals surface area contributed by atoms with Crippen LogP contribution in [0.25, 0.3) is 0 Å². The lowest BCUT2D eigenvalue weighted by Crippen LogP contribution is -2.14. The second-order valence-corrected chi connectivity index (χ2v) is 5.51. The quantitative estimate of drug-likeness (QED) is 0.885. The first-order chi connectivity index (χ1) is 9.92. The number of nitrogens with one attached hydrogen (secondary N) is 2. The molecule has 0 aliphatic heterocycles. The van der Waals surface area contributed by atoms with Crippen LogP contribution in [-0.4, -0.2) is 13.0 Å². The van der Waals surface area contributed by atoms with Crippen LogP contribution < -0.4 is 10.6 Å². The van der Waals surface area contributed by atoms with Crippen LogP contribution >= 0.6 is 0 Å². The van der Waals surface area contributed by atoms with Gasteiger partial charge in [0.25, 0.3) is 5.91 Å². The predicted octanol–water partition coefficient (Wildman–Crippen LogP) is 4.21. The molecule has 0 atom stereocenters. The van der Waals surface area contributed by atoms with Gasteiger partial charge in [0.1, 0.15) is 0 Å². The summed E-state index contributed by atoms with van der Waals surface area (Å²) in [4.78, 5) is 12.4. The van der Waals surface area contributed by atoms with Gasteiger partial charge in [0.15, 0.2) is 0 Å². The molecule has 110 valence electrons. The summed E-state index contributed by atoms with van der Waals surface area (Å²) in [5, 5.41) is 6.13. The third-order valence-corrected chi connectivity index (χ3v) is 3.67. The van der Waals surface area contributed by atoms with Gasteiger partial charge in [-0.3, -0.25) is 4.79 Å². The maximum absolute atomic E-state index is 12.4. The van der Waals surface area contributed by atoms with Gasteiger partial charge < -0.3 is 10.6 Å². The highest BCUT2D eigenvalue weighted by Crippen LogP contribution is 2.23. The van der Waals surface area contributed by atoms with Crippen LogP contribution in [-0.2, 0) is 0 Å². The number of hydrogen-bond acceptors (Lipinski definition) is 2. The molecule has 0 fully saturated rings. The lowest BCUT2D eigenvalue weighted by atomic mass is 10.0. The summed E-state index contributed by atoms with van der Waals surface area (Å²) in [7, 11) is 1.88. The lowest BCUT2D eigenvalue weighted by molar-refractivity contribution is 0.102. The minimum Gasteiger partial charge on any atom is -0.388 e. The Labute approximate surface area is 126 Å². The van der Waals surface area contributed by atoms with E-state index in [1.807, 2.05) is 46.0 Å². The third-order valence-electron chi connectivity index (χ3n) is 3.67. The van der Waals surface area contributed by atoms with Gasteiger partial charge in [-0.1, -0.05) is 17.7 Å². The molecule has 0 aromatic heterocycles. The predicted molar refractivity (Wildman–Crippen MR) is 89.3 cm³/mol. The summed E-state index contributed by atoms with van der Waals surface area (Å²) in [5.41, 5.74) is 7.05. The Hall–Kier alpha value is -2.29. The summed E-state index contributed by atoms with van der Waals surface area (Å²) in [6, 6.07) is 9.84. The number of anilines is 2. The molecule has 0 bridgehead atoms. The van der Waals surface area contributed by atoms with Crippen molar-refractivity contribution in [2.75, 3.05) is 17.7 Å². The van der Waals surface area contributed by atoms with Crippen LogP contribution in [0.15, 0.2) is 30.3 Å². The number of benzene rings is 2. The smallest absolute Gasteiger partial charge is 0.255 e. The third kappa shape index (κ3) is 3.24. The number of carbonyl (C=O) groups excluding carboxylic acids is 1. The van der Waals surface area contributed by atoms with E-state index in [0.717, 1.165) is 28.1 Å². The molecule has 0 radical (unpaired) electrons. The molecule has 21 heavy (non-hydrogen) atoms. The Balaban J connectivity index is 2.28. The monoisotopic (exact) mass is 282 g/mol. The van der Waals surface area contributed by atoms with Crippen molar-refractivity contribution in [3.05, 3.63) is 58.1 Å². The minimum absolute atomic E-state index is 0.0733. The van der Waals surface area contributed by atoms with Crippen LogP contribution in [0, 0.1) is 27.7 Å². The van der Waals surface area contributed by atoms with Crippen molar-refractivity contribution >= 4 is 17.3 Å². The number of hydrogen-bond donors (Lipinski definition) is 2. The fraction of sp³-hybridized carbons (Fsp3) is 0.278. The van der Waals surface area contributed by atoms with Crippen LogP contribution in [0.5, 0.6) is 0 Å². The second-order valence-electron chi connectivity index (χ2n) is 5.51. The molecule has 0 aliphatic carbocycles. The highest BCUT2D eigenvalue weighted by Gasteiger charge is 2.11. The number of carbonyl (C=O) groups is 1. The molecule has 2 aromatic rings. The van der Waals surface area contributed by atoms with Gasteiger partial charge in [0.2, 0.25) is 0 Å². The molecule has 2 rings (SSSR count). The van der Waals surface area contributed by atoms with Gasteiger partial charge in [-0.15, -0.1) is 0 Å². The largest absolute Gasteiger partial charge is 0.388 e. The SMILES string of the molecule is CNc1ccc(C(=O)Nc2c(C)cc(C)cc2C)cc1C. The molecule has 0 unspecified atom stereocenters. The van der Waals surface area contributed by atoms with Crippen molar-refractivity contribution in [2.45, 2.75) is 27.7 Å². The lowest BCUT2D eigenvalue weighted by Gasteiger charge is -2.14. The van der Waals surface area contributed by atoms with E-state index in [9.17, 15) is 4.79 Å². The zero-order valence-electron chi connectivity index (χ0n) is 13.3. The molecule has 0 heterocycles. The normalized spacial score (nSPS) is 10.3. The molecule has 0 saturated carbocycles. The van der Waals surface area contributed by atoms with E-state index in [-0.39, 0.29) is 5.91 Å². The maximum Gasteiger partial charge on any atom is 0.255 e. The second kappa shape index (κ2) is 6.00. The Morgan fingerprint density at radius 3 is 2.05 bits per heavy atom. The van der Waals surface area contributed by atoms with Crippen molar-refractivity contribution in [1.82, 2.24) is 0 Å². The van der Waals surface area contributed by atoms with Gasteiger partial charge in [-0.25, -0.2) is 0 Å². The molecular formula is C18H22N2O. The minimum atomic E-state index is -0.0733. The summed E-state index contributed by atoms with van der Waals surface area (Å²) in [6.07, 6.45) is 0. The first-order valence-corrected chi connectivity index (χ1v) is 7.10. The summed E-state index contributed by atoms with van der Waals surface area (Å²) >= 11 is 0. The molecule has 2 N–H and O–H groups in total. The number of amides is 1. The van der Waals surface area contributed by atoms with E-state index in [1.54, 1.807) is 0 Å². The molecule has 3 nitrogen and oxygen atoms in total. The van der Waals surface area contributed by atoms with Gasteiger partial charge in [-0.05, 0) is 62.6 Å². The van der Waals surface area contributed by atoms with Crippen molar-refractivity contribution in [1.29, 1.82) is 0 Å². The summed E-state index contributed by atoms with van der Waals surface area (Å²) in [6.45, 7) is 8.09. The molecule has 1 amide bonds. The Morgan fingerprint density at radius 2 is 1.52 bits per heavy atom. The van der Waals surface area contributed by atoms with Gasteiger partial charge >= 0.3 is 0 Å². The molecule has 3 heteroatoms. The molecule has 0 saturated heterocycles. The van der Waals surface area contributed by atoms with Gasteiger partial charge in [-0.2, -0.15) is 0 Å². The average Bonchev–Trinajstić information content (AvgIpc) is 2.42. The molecular weight excluding hydrogens is 260 g/mol. The summed E-state index contributed by atoms with van der Waals surface area (Å²) < 4.78 is 0. The highest BCUT2D eigenvalue weighted by atomic mass is 16.1. The van der Waals surface area contributed by atoms with E-state index in [0.29, 0.717) is 5.56 Å². The van der Waals surface area contributed by atoms with Crippen molar-refractivity contribution in [3.8, 4) is 0 Å². The van der Waals surface area contributed by atoms with E-state index < -0.39 is 0 Å². The number of aryl methyl sites for hydroxylation is 4. The highest BCUT2D eigenvalue weighted by molar-refractivity contribution is 6.05. The standard InChI is InChI=1S/C18H22N2O/c1-11-8-13(3)17(14(4)9-11)20-18(21)15-6-7-16(19-5)12(2)10-15/h6-10,19H,1-5H3,(H,20,21). The topological polar surface area (TPSA) is 41.1 Å². The van der Waals surface area contributed by atoms with Crippen LogP contribution in [0.4, 0.5) is 11.4 Å². The van der Waals surface area contributed by atoms with E-state index in [1.165, 1.54) is 5.56 Å². The van der Waals surface area contributed by atoms with Crippen molar-refractivity contribution < 1.29 is 4.79 Å². The van der Waals surface area contributed by atoms with Gasteiger partial charge in [0, 0.05) is 24.0 Å². The Bertz CT molecular complexity index is 667.